The second-order valence-corrected chi connectivity index (χ2v) is 9.87. The molecule has 1 aliphatic heterocycles. The fourth-order valence-electron chi connectivity index (χ4n) is 4.10. The first-order chi connectivity index (χ1) is 17.8. The van der Waals surface area contributed by atoms with Crippen LogP contribution in [-0.4, -0.2) is 30.4 Å². The molecule has 0 saturated carbocycles. The van der Waals surface area contributed by atoms with Crippen LogP contribution in [0.2, 0.25) is 10.0 Å². The number of allylic oxidation sites excluding steroid dienone is 1. The number of thiazole rings is 1. The van der Waals surface area contributed by atoms with Gasteiger partial charge in [0.05, 0.1) is 51.7 Å². The largest absolute Gasteiger partial charge is 0.490 e. The maximum absolute atomic E-state index is 13.8. The molecule has 10 heteroatoms. The van der Waals surface area contributed by atoms with Crippen molar-refractivity contribution >= 4 is 46.6 Å². The number of aromatic nitrogens is 1. The number of halogens is 2. The molecule has 0 radical (unpaired) electrons. The second-order valence-electron chi connectivity index (χ2n) is 8.05. The van der Waals surface area contributed by atoms with Crippen LogP contribution < -0.4 is 24.4 Å². The van der Waals surface area contributed by atoms with E-state index in [1.807, 2.05) is 19.9 Å². The number of hydrogen-bond donors (Lipinski definition) is 0. The van der Waals surface area contributed by atoms with Crippen LogP contribution in [0, 0.1) is 0 Å². The third kappa shape index (κ3) is 5.46. The van der Waals surface area contributed by atoms with Gasteiger partial charge in [-0.15, -0.1) is 0 Å². The first-order valence-corrected chi connectivity index (χ1v) is 13.4. The lowest BCUT2D eigenvalue weighted by molar-refractivity contribution is -0.139. The number of rotatable bonds is 8. The van der Waals surface area contributed by atoms with Crippen molar-refractivity contribution in [1.82, 2.24) is 4.57 Å². The second kappa shape index (κ2) is 11.5. The topological polar surface area (TPSA) is 79.1 Å². The molecule has 0 fully saturated rings. The highest BCUT2D eigenvalue weighted by atomic mass is 35.5. The maximum atomic E-state index is 13.8. The van der Waals surface area contributed by atoms with E-state index in [0.717, 1.165) is 5.56 Å². The van der Waals surface area contributed by atoms with Gasteiger partial charge in [-0.2, -0.15) is 0 Å². The summed E-state index contributed by atoms with van der Waals surface area (Å²) in [5.74, 6) is 0.579. The molecule has 0 spiro atoms. The molecule has 0 saturated heterocycles. The molecule has 37 heavy (non-hydrogen) atoms. The van der Waals surface area contributed by atoms with Crippen molar-refractivity contribution in [3.63, 3.8) is 0 Å². The molecule has 0 aliphatic carbocycles. The highest BCUT2D eigenvalue weighted by Gasteiger charge is 2.34. The number of ether oxygens (including phenoxy) is 3. The van der Waals surface area contributed by atoms with Gasteiger partial charge in [0.15, 0.2) is 16.3 Å². The van der Waals surface area contributed by atoms with Crippen molar-refractivity contribution in [2.24, 2.45) is 4.99 Å². The lowest BCUT2D eigenvalue weighted by Crippen LogP contribution is -2.40. The summed E-state index contributed by atoms with van der Waals surface area (Å²) in [5.41, 5.74) is 1.88. The van der Waals surface area contributed by atoms with Gasteiger partial charge in [0.1, 0.15) is 0 Å². The number of carbonyl (C=O) groups is 1. The average Bonchev–Trinajstić information content (AvgIpc) is 3.16. The molecule has 2 heterocycles. The standard InChI is InChI=1S/C27H26Cl2N2O5S/c1-5-34-20-11-9-17(14-21(20)35-6-2)24-23(26(33)36-7-3)15(4)30-27-31(24)25(32)22(37-27)13-16-8-10-18(28)19(29)12-16/h8-14,24H,5-7H2,1-4H3/b22-13-/t24-/m0/s1. The number of nitrogens with zero attached hydrogens (tertiary/aromatic N) is 2. The summed E-state index contributed by atoms with van der Waals surface area (Å²) < 4.78 is 18.9. The van der Waals surface area contributed by atoms with E-state index in [1.54, 1.807) is 50.3 Å². The van der Waals surface area contributed by atoms with E-state index in [-0.39, 0.29) is 12.2 Å². The van der Waals surface area contributed by atoms with Gasteiger partial charge < -0.3 is 14.2 Å². The summed E-state index contributed by atoms with van der Waals surface area (Å²) in [5, 5.41) is 0.815. The van der Waals surface area contributed by atoms with Gasteiger partial charge in [-0.25, -0.2) is 9.79 Å². The van der Waals surface area contributed by atoms with E-state index in [0.29, 0.717) is 60.9 Å². The van der Waals surface area contributed by atoms with E-state index in [9.17, 15) is 9.59 Å². The molecule has 2 aromatic carbocycles. The summed E-state index contributed by atoms with van der Waals surface area (Å²) in [6, 6.07) is 9.79. The Kier molecular flexibility index (Phi) is 8.42. The zero-order valence-corrected chi connectivity index (χ0v) is 23.2. The number of hydrogen-bond acceptors (Lipinski definition) is 7. The van der Waals surface area contributed by atoms with Gasteiger partial charge in [0.2, 0.25) is 0 Å². The normalized spacial score (nSPS) is 15.3. The fourth-order valence-corrected chi connectivity index (χ4v) is 5.45. The third-order valence-corrected chi connectivity index (χ3v) is 7.36. The Morgan fingerprint density at radius 3 is 2.43 bits per heavy atom. The van der Waals surface area contributed by atoms with Crippen molar-refractivity contribution in [2.45, 2.75) is 33.7 Å². The van der Waals surface area contributed by atoms with Crippen LogP contribution in [0.1, 0.15) is 44.9 Å². The Balaban J connectivity index is 1.95. The minimum atomic E-state index is -0.763. The van der Waals surface area contributed by atoms with Gasteiger partial charge in [-0.3, -0.25) is 9.36 Å². The molecule has 1 atom stereocenters. The Hall–Kier alpha value is -3.07. The SMILES string of the molecule is CCOC(=O)C1=C(C)N=c2s/c(=C\c3ccc(Cl)c(Cl)c3)c(=O)n2[C@H]1c1ccc(OCC)c(OCC)c1. The summed E-state index contributed by atoms with van der Waals surface area (Å²) in [6.45, 7) is 8.33. The first-order valence-electron chi connectivity index (χ1n) is 11.8. The van der Waals surface area contributed by atoms with Crippen LogP contribution in [0.5, 0.6) is 11.5 Å². The van der Waals surface area contributed by atoms with Crippen LogP contribution in [0.3, 0.4) is 0 Å². The molecule has 1 aromatic heterocycles. The number of carbonyl (C=O) groups excluding carboxylic acids is 1. The van der Waals surface area contributed by atoms with Gasteiger partial charge in [-0.05, 0) is 69.2 Å². The molecule has 0 amide bonds. The Labute approximate surface area is 228 Å². The predicted octanol–water partition coefficient (Wildman–Crippen LogP) is 4.90. The van der Waals surface area contributed by atoms with E-state index in [2.05, 4.69) is 4.99 Å². The minimum absolute atomic E-state index is 0.192. The molecule has 3 aromatic rings. The van der Waals surface area contributed by atoms with Crippen molar-refractivity contribution in [1.29, 1.82) is 0 Å². The van der Waals surface area contributed by atoms with Gasteiger partial charge in [0, 0.05) is 0 Å². The fraction of sp³-hybridized carbons (Fsp3) is 0.296. The number of benzene rings is 2. The average molecular weight is 561 g/mol. The monoisotopic (exact) mass is 560 g/mol. The summed E-state index contributed by atoms with van der Waals surface area (Å²) in [4.78, 5) is 32.0. The minimum Gasteiger partial charge on any atom is -0.490 e. The first kappa shape index (κ1) is 27.0. The molecule has 7 nitrogen and oxygen atoms in total. The lowest BCUT2D eigenvalue weighted by Gasteiger charge is -2.25. The zero-order chi connectivity index (χ0) is 26.7. The van der Waals surface area contributed by atoms with Gasteiger partial charge in [-0.1, -0.05) is 46.7 Å². The van der Waals surface area contributed by atoms with Crippen LogP contribution in [0.15, 0.2) is 57.5 Å². The molecule has 4 rings (SSSR count). The Morgan fingerprint density at radius 2 is 1.76 bits per heavy atom. The number of esters is 1. The smallest absolute Gasteiger partial charge is 0.338 e. The van der Waals surface area contributed by atoms with Crippen LogP contribution in [0.25, 0.3) is 6.08 Å². The highest BCUT2D eigenvalue weighted by Crippen LogP contribution is 2.36. The molecule has 1 aliphatic rings. The summed E-state index contributed by atoms with van der Waals surface area (Å²) in [7, 11) is 0. The predicted molar refractivity (Wildman–Crippen MR) is 146 cm³/mol. The van der Waals surface area contributed by atoms with Gasteiger partial charge >= 0.3 is 5.97 Å². The zero-order valence-electron chi connectivity index (χ0n) is 20.8. The van der Waals surface area contributed by atoms with E-state index < -0.39 is 12.0 Å². The van der Waals surface area contributed by atoms with E-state index in [4.69, 9.17) is 37.4 Å². The highest BCUT2D eigenvalue weighted by molar-refractivity contribution is 7.07. The molecule has 0 unspecified atom stereocenters. The van der Waals surface area contributed by atoms with Gasteiger partial charge in [0.25, 0.3) is 5.56 Å². The van der Waals surface area contributed by atoms with Crippen molar-refractivity contribution in [2.75, 3.05) is 19.8 Å². The quantitative estimate of drug-likeness (QED) is 0.366. The number of fused-ring (bicyclic) bond motifs is 1. The van der Waals surface area contributed by atoms with Crippen LogP contribution in [-0.2, 0) is 9.53 Å². The molecule has 194 valence electrons. The van der Waals surface area contributed by atoms with Crippen molar-refractivity contribution in [3.8, 4) is 11.5 Å². The lowest BCUT2D eigenvalue weighted by atomic mass is 9.95. The Bertz CT molecular complexity index is 1560. The van der Waals surface area contributed by atoms with Crippen molar-refractivity contribution < 1.29 is 19.0 Å². The maximum Gasteiger partial charge on any atom is 0.338 e. The summed E-state index contributed by atoms with van der Waals surface area (Å²) >= 11 is 13.4. The molecule has 0 bridgehead atoms. The molecular formula is C27H26Cl2N2O5S. The summed E-state index contributed by atoms with van der Waals surface area (Å²) in [6.07, 6.45) is 1.73. The van der Waals surface area contributed by atoms with Crippen molar-refractivity contribution in [3.05, 3.63) is 88.5 Å². The Morgan fingerprint density at radius 1 is 1.03 bits per heavy atom. The van der Waals surface area contributed by atoms with E-state index in [1.165, 1.54) is 15.9 Å². The molecule has 0 N–H and O–H groups in total. The third-order valence-electron chi connectivity index (χ3n) is 5.64. The van der Waals surface area contributed by atoms with E-state index >= 15 is 0 Å². The molecular weight excluding hydrogens is 535 g/mol. The van der Waals surface area contributed by atoms with Crippen LogP contribution >= 0.6 is 34.5 Å². The van der Waals surface area contributed by atoms with Crippen LogP contribution in [0.4, 0.5) is 0 Å².